The minimum Gasteiger partial charge on any atom is -0.357 e. The second kappa shape index (κ2) is 5.03. The third kappa shape index (κ3) is 2.22. The van der Waals surface area contributed by atoms with Gasteiger partial charge in [-0.2, -0.15) is 9.97 Å². The fraction of sp³-hybridized carbons (Fsp3) is 0.615. The number of rotatable bonds is 3. The smallest absolute Gasteiger partial charge is 0.226 e. The Morgan fingerprint density at radius 3 is 2.79 bits per heavy atom. The number of imidazole rings is 1. The molecule has 2 aromatic rings. The van der Waals surface area contributed by atoms with Gasteiger partial charge in [-0.05, 0) is 12.8 Å². The molecule has 19 heavy (non-hydrogen) atoms. The molecule has 0 saturated heterocycles. The van der Waals surface area contributed by atoms with Crippen LogP contribution in [0, 0.1) is 0 Å². The van der Waals surface area contributed by atoms with Crippen molar-refractivity contribution in [1.82, 2.24) is 19.9 Å². The van der Waals surface area contributed by atoms with E-state index in [1.807, 2.05) is 7.05 Å². The van der Waals surface area contributed by atoms with Crippen LogP contribution >= 0.6 is 0 Å². The summed E-state index contributed by atoms with van der Waals surface area (Å²) < 4.78 is 0. The molecule has 102 valence electrons. The molecule has 0 aliphatic heterocycles. The van der Waals surface area contributed by atoms with Crippen molar-refractivity contribution in [2.45, 2.75) is 38.1 Å². The molecule has 0 radical (unpaired) electrons. The van der Waals surface area contributed by atoms with E-state index in [-0.39, 0.29) is 0 Å². The van der Waals surface area contributed by atoms with E-state index in [4.69, 9.17) is 0 Å². The lowest BCUT2D eigenvalue weighted by Gasteiger charge is -2.32. The average molecular weight is 260 g/mol. The largest absolute Gasteiger partial charge is 0.357 e. The number of fused-ring (bicyclic) bond motifs is 1. The van der Waals surface area contributed by atoms with Gasteiger partial charge in [0.1, 0.15) is 5.52 Å². The minimum atomic E-state index is 0.569. The van der Waals surface area contributed by atoms with Crippen LogP contribution in [0.25, 0.3) is 11.2 Å². The van der Waals surface area contributed by atoms with Gasteiger partial charge in [-0.1, -0.05) is 19.3 Å². The van der Waals surface area contributed by atoms with Crippen molar-refractivity contribution in [3.05, 3.63) is 6.33 Å². The van der Waals surface area contributed by atoms with Gasteiger partial charge in [-0.25, -0.2) is 4.98 Å². The summed E-state index contributed by atoms with van der Waals surface area (Å²) in [5, 5.41) is 3.00. The van der Waals surface area contributed by atoms with E-state index in [0.717, 1.165) is 17.0 Å². The summed E-state index contributed by atoms with van der Waals surface area (Å²) in [5.74, 6) is 1.57. The van der Waals surface area contributed by atoms with Crippen molar-refractivity contribution in [3.8, 4) is 0 Å². The van der Waals surface area contributed by atoms with E-state index in [2.05, 4.69) is 37.2 Å². The fourth-order valence-corrected chi connectivity index (χ4v) is 2.83. The van der Waals surface area contributed by atoms with Crippen LogP contribution in [0.3, 0.4) is 0 Å². The lowest BCUT2D eigenvalue weighted by molar-refractivity contribution is 0.426. The monoisotopic (exact) mass is 260 g/mol. The molecule has 1 saturated carbocycles. The Morgan fingerprint density at radius 1 is 1.26 bits per heavy atom. The van der Waals surface area contributed by atoms with Crippen LogP contribution in [-0.2, 0) is 0 Å². The van der Waals surface area contributed by atoms with Gasteiger partial charge in [0.25, 0.3) is 0 Å². The summed E-state index contributed by atoms with van der Waals surface area (Å²) in [6.45, 7) is 0. The Bertz CT molecular complexity index is 557. The van der Waals surface area contributed by atoms with Crippen molar-refractivity contribution >= 4 is 22.9 Å². The summed E-state index contributed by atoms with van der Waals surface area (Å²) in [4.78, 5) is 18.6. The lowest BCUT2D eigenvalue weighted by Crippen LogP contribution is -2.34. The molecule has 1 fully saturated rings. The average Bonchev–Trinajstić information content (AvgIpc) is 2.94. The molecule has 0 unspecified atom stereocenters. The number of H-pyrrole nitrogens is 1. The van der Waals surface area contributed by atoms with Crippen molar-refractivity contribution in [3.63, 3.8) is 0 Å². The Hall–Kier alpha value is -1.85. The normalized spacial score (nSPS) is 16.7. The Kier molecular flexibility index (Phi) is 3.23. The van der Waals surface area contributed by atoms with Crippen LogP contribution in [0.1, 0.15) is 32.1 Å². The van der Waals surface area contributed by atoms with Crippen LogP contribution in [0.4, 0.5) is 11.8 Å². The molecule has 6 nitrogen and oxygen atoms in total. The van der Waals surface area contributed by atoms with Gasteiger partial charge in [0, 0.05) is 20.1 Å². The molecule has 0 amide bonds. The Morgan fingerprint density at radius 2 is 2.05 bits per heavy atom. The first-order valence-corrected chi connectivity index (χ1v) is 6.91. The second-order valence-corrected chi connectivity index (χ2v) is 5.12. The molecule has 6 heteroatoms. The molecule has 1 aliphatic rings. The van der Waals surface area contributed by atoms with E-state index >= 15 is 0 Å². The van der Waals surface area contributed by atoms with E-state index < -0.39 is 0 Å². The van der Waals surface area contributed by atoms with E-state index in [9.17, 15) is 0 Å². The third-order valence-electron chi connectivity index (χ3n) is 3.95. The number of hydrogen-bond acceptors (Lipinski definition) is 5. The fourth-order valence-electron chi connectivity index (χ4n) is 2.83. The highest BCUT2D eigenvalue weighted by Crippen LogP contribution is 2.28. The van der Waals surface area contributed by atoms with Gasteiger partial charge in [-0.3, -0.25) is 0 Å². The molecular weight excluding hydrogens is 240 g/mol. The summed E-state index contributed by atoms with van der Waals surface area (Å²) >= 11 is 0. The number of aromatic amines is 1. The molecule has 1 aliphatic carbocycles. The summed E-state index contributed by atoms with van der Waals surface area (Å²) in [7, 11) is 3.95. The Labute approximate surface area is 112 Å². The summed E-state index contributed by atoms with van der Waals surface area (Å²) in [6.07, 6.45) is 8.14. The van der Waals surface area contributed by atoms with Gasteiger partial charge in [0.15, 0.2) is 11.5 Å². The van der Waals surface area contributed by atoms with Crippen molar-refractivity contribution in [1.29, 1.82) is 0 Å². The van der Waals surface area contributed by atoms with Gasteiger partial charge in [0.2, 0.25) is 5.95 Å². The molecule has 2 heterocycles. The first kappa shape index (κ1) is 12.2. The summed E-state index contributed by atoms with van der Waals surface area (Å²) in [6, 6.07) is 0.569. The van der Waals surface area contributed by atoms with E-state index in [1.165, 1.54) is 32.1 Å². The van der Waals surface area contributed by atoms with Crippen molar-refractivity contribution in [2.75, 3.05) is 24.3 Å². The van der Waals surface area contributed by atoms with E-state index in [0.29, 0.717) is 12.0 Å². The summed E-state index contributed by atoms with van der Waals surface area (Å²) in [5.41, 5.74) is 1.64. The molecule has 0 atom stereocenters. The predicted molar refractivity (Wildman–Crippen MR) is 76.5 cm³/mol. The lowest BCUT2D eigenvalue weighted by atomic mass is 9.94. The van der Waals surface area contributed by atoms with Crippen LogP contribution < -0.4 is 10.2 Å². The number of nitrogens with one attached hydrogen (secondary N) is 2. The van der Waals surface area contributed by atoms with Crippen LogP contribution in [0.5, 0.6) is 0 Å². The van der Waals surface area contributed by atoms with Gasteiger partial charge >= 0.3 is 0 Å². The first-order chi connectivity index (χ1) is 9.29. The highest BCUT2D eigenvalue weighted by molar-refractivity contribution is 5.84. The number of hydrogen-bond donors (Lipinski definition) is 2. The van der Waals surface area contributed by atoms with E-state index in [1.54, 1.807) is 6.33 Å². The molecule has 0 aromatic carbocycles. The number of nitrogens with zero attached hydrogens (tertiary/aromatic N) is 4. The molecule has 2 aromatic heterocycles. The zero-order valence-corrected chi connectivity index (χ0v) is 11.5. The van der Waals surface area contributed by atoms with Gasteiger partial charge in [-0.15, -0.1) is 0 Å². The molecule has 0 spiro atoms. The second-order valence-electron chi connectivity index (χ2n) is 5.12. The molecule has 2 N–H and O–H groups in total. The first-order valence-electron chi connectivity index (χ1n) is 6.91. The molecular formula is C13H20N6. The minimum absolute atomic E-state index is 0.569. The predicted octanol–water partition coefficient (Wildman–Crippen LogP) is 2.16. The van der Waals surface area contributed by atoms with Gasteiger partial charge < -0.3 is 15.2 Å². The SMILES string of the molecule is CNc1nc(N(C)C2CCCCC2)c2[nH]cnc2n1. The van der Waals surface area contributed by atoms with Crippen molar-refractivity contribution < 1.29 is 0 Å². The third-order valence-corrected chi connectivity index (χ3v) is 3.95. The van der Waals surface area contributed by atoms with Crippen LogP contribution in [0.2, 0.25) is 0 Å². The molecule has 3 rings (SSSR count). The number of aromatic nitrogens is 4. The quantitative estimate of drug-likeness (QED) is 0.885. The maximum Gasteiger partial charge on any atom is 0.226 e. The zero-order valence-electron chi connectivity index (χ0n) is 11.5. The van der Waals surface area contributed by atoms with Crippen LogP contribution in [0.15, 0.2) is 6.33 Å². The topological polar surface area (TPSA) is 69.7 Å². The zero-order chi connectivity index (χ0) is 13.2. The maximum absolute atomic E-state index is 4.60. The highest BCUT2D eigenvalue weighted by Gasteiger charge is 2.22. The maximum atomic E-state index is 4.60. The van der Waals surface area contributed by atoms with Crippen molar-refractivity contribution in [2.24, 2.45) is 0 Å². The standard InChI is InChI=1S/C13H20N6/c1-14-13-17-11-10(15-8-16-11)12(18-13)19(2)9-6-4-3-5-7-9/h8-9H,3-7H2,1-2H3,(H2,14,15,16,17,18). The Balaban J connectivity index is 1.99. The number of anilines is 2. The molecule has 0 bridgehead atoms. The highest BCUT2D eigenvalue weighted by atomic mass is 15.2. The van der Waals surface area contributed by atoms with Crippen LogP contribution in [-0.4, -0.2) is 40.1 Å². The van der Waals surface area contributed by atoms with Gasteiger partial charge in [0.05, 0.1) is 6.33 Å².